The summed E-state index contributed by atoms with van der Waals surface area (Å²) in [5.74, 6) is 0.109. The first kappa shape index (κ1) is 14.4. The molecule has 1 unspecified atom stereocenters. The number of thiazole rings is 1. The van der Waals surface area contributed by atoms with Crippen LogP contribution < -0.4 is 4.74 Å². The van der Waals surface area contributed by atoms with Crippen molar-refractivity contribution in [2.75, 3.05) is 19.7 Å². The van der Waals surface area contributed by atoms with Gasteiger partial charge in [-0.3, -0.25) is 4.90 Å². The molecule has 1 saturated heterocycles. The lowest BCUT2D eigenvalue weighted by Crippen LogP contribution is -2.39. The fourth-order valence-electron chi connectivity index (χ4n) is 2.51. The fourth-order valence-corrected chi connectivity index (χ4v) is 3.06. The molecule has 1 aromatic carbocycles. The lowest BCUT2D eigenvalue weighted by Gasteiger charge is -2.23. The molecule has 112 valence electrons. The Morgan fingerprint density at radius 3 is 3.14 bits per heavy atom. The van der Waals surface area contributed by atoms with E-state index in [-0.39, 0.29) is 12.4 Å². The van der Waals surface area contributed by atoms with E-state index in [1.807, 2.05) is 10.9 Å². The molecule has 1 aromatic heterocycles. The first-order chi connectivity index (χ1) is 10.1. The molecule has 0 saturated carbocycles. The monoisotopic (exact) mass is 308 g/mol. The molecule has 1 aliphatic rings. The lowest BCUT2D eigenvalue weighted by atomic mass is 10.1. The average molecular weight is 308 g/mol. The number of hydrogen-bond donors (Lipinski definition) is 1. The van der Waals surface area contributed by atoms with E-state index in [0.717, 1.165) is 18.8 Å². The maximum absolute atomic E-state index is 13.1. The van der Waals surface area contributed by atoms with E-state index in [0.29, 0.717) is 18.7 Å². The molecule has 0 spiro atoms. The highest BCUT2D eigenvalue weighted by atomic mass is 32.1. The van der Waals surface area contributed by atoms with Crippen molar-refractivity contribution in [3.63, 3.8) is 0 Å². The predicted octanol–water partition coefficient (Wildman–Crippen LogP) is 2.30. The summed E-state index contributed by atoms with van der Waals surface area (Å²) < 4.78 is 18.6. The quantitative estimate of drug-likeness (QED) is 0.920. The number of halogens is 1. The van der Waals surface area contributed by atoms with E-state index in [2.05, 4.69) is 9.88 Å². The highest BCUT2D eigenvalue weighted by Crippen LogP contribution is 2.24. The third kappa shape index (κ3) is 3.78. The van der Waals surface area contributed by atoms with Crippen molar-refractivity contribution in [3.05, 3.63) is 46.7 Å². The molecule has 6 heteroatoms. The van der Waals surface area contributed by atoms with Crippen LogP contribution >= 0.6 is 11.3 Å². The number of aliphatic hydroxyl groups is 1. The number of β-amino-alcohol motifs (C(OH)–C–C–N with tert-alkyl or cyclic N) is 1. The standard InChI is InChI=1S/C15H17FN2O2S/c16-12-2-1-3-14(6-12)20-10-15(19)4-5-18(9-15)7-13-8-21-11-17-13/h1-3,6,8,11,19H,4-5,7,9-10H2. The van der Waals surface area contributed by atoms with Crippen LogP contribution in [-0.2, 0) is 6.54 Å². The minimum Gasteiger partial charge on any atom is -0.490 e. The Labute approximate surface area is 126 Å². The van der Waals surface area contributed by atoms with E-state index < -0.39 is 5.60 Å². The van der Waals surface area contributed by atoms with Crippen LogP contribution in [0.2, 0.25) is 0 Å². The summed E-state index contributed by atoms with van der Waals surface area (Å²) in [6, 6.07) is 5.98. The largest absolute Gasteiger partial charge is 0.490 e. The molecular formula is C15H17FN2O2S. The molecule has 2 heterocycles. The van der Waals surface area contributed by atoms with Crippen molar-refractivity contribution in [2.24, 2.45) is 0 Å². The highest BCUT2D eigenvalue weighted by molar-refractivity contribution is 7.07. The average Bonchev–Trinajstić information content (AvgIpc) is 3.08. The molecular weight excluding hydrogens is 291 g/mol. The van der Waals surface area contributed by atoms with Gasteiger partial charge in [-0.2, -0.15) is 0 Å². The van der Waals surface area contributed by atoms with Crippen molar-refractivity contribution < 1.29 is 14.2 Å². The Kier molecular flexibility index (Phi) is 4.19. The van der Waals surface area contributed by atoms with Gasteiger partial charge in [0.2, 0.25) is 0 Å². The Balaban J connectivity index is 1.53. The molecule has 1 atom stereocenters. The third-order valence-electron chi connectivity index (χ3n) is 3.58. The summed E-state index contributed by atoms with van der Waals surface area (Å²) in [5, 5.41) is 12.6. The first-order valence-corrected chi connectivity index (χ1v) is 7.77. The molecule has 1 aliphatic heterocycles. The van der Waals surface area contributed by atoms with Crippen molar-refractivity contribution >= 4 is 11.3 Å². The fraction of sp³-hybridized carbons (Fsp3) is 0.400. The number of benzene rings is 1. The Hall–Kier alpha value is -1.50. The predicted molar refractivity (Wildman–Crippen MR) is 78.9 cm³/mol. The second-order valence-electron chi connectivity index (χ2n) is 5.41. The van der Waals surface area contributed by atoms with Gasteiger partial charge in [-0.25, -0.2) is 9.37 Å². The summed E-state index contributed by atoms with van der Waals surface area (Å²) >= 11 is 1.57. The van der Waals surface area contributed by atoms with Crippen LogP contribution in [0.4, 0.5) is 4.39 Å². The van der Waals surface area contributed by atoms with Crippen molar-refractivity contribution in [1.29, 1.82) is 0 Å². The molecule has 0 amide bonds. The van der Waals surface area contributed by atoms with E-state index in [1.165, 1.54) is 12.1 Å². The van der Waals surface area contributed by atoms with Gasteiger partial charge in [0.15, 0.2) is 0 Å². The molecule has 4 nitrogen and oxygen atoms in total. The Bertz CT molecular complexity index is 593. The van der Waals surface area contributed by atoms with Gasteiger partial charge >= 0.3 is 0 Å². The van der Waals surface area contributed by atoms with Crippen molar-refractivity contribution in [1.82, 2.24) is 9.88 Å². The maximum Gasteiger partial charge on any atom is 0.126 e. The van der Waals surface area contributed by atoms with Crippen LogP contribution in [0, 0.1) is 5.82 Å². The van der Waals surface area contributed by atoms with Crippen molar-refractivity contribution in [2.45, 2.75) is 18.6 Å². The molecule has 1 N–H and O–H groups in total. The van der Waals surface area contributed by atoms with Gasteiger partial charge in [-0.1, -0.05) is 6.07 Å². The van der Waals surface area contributed by atoms with Gasteiger partial charge < -0.3 is 9.84 Å². The van der Waals surface area contributed by atoms with Crippen LogP contribution in [0.1, 0.15) is 12.1 Å². The molecule has 2 aromatic rings. The number of nitrogens with zero attached hydrogens (tertiary/aromatic N) is 2. The SMILES string of the molecule is OC1(COc2cccc(F)c2)CCN(Cc2cscn2)C1. The van der Waals surface area contributed by atoms with Crippen molar-refractivity contribution in [3.8, 4) is 5.75 Å². The Morgan fingerprint density at radius 2 is 2.38 bits per heavy atom. The van der Waals surface area contributed by atoms with Gasteiger partial charge in [0, 0.05) is 31.1 Å². The second-order valence-corrected chi connectivity index (χ2v) is 6.13. The summed E-state index contributed by atoms with van der Waals surface area (Å²) in [5.41, 5.74) is 1.95. The van der Waals surface area contributed by atoms with E-state index in [4.69, 9.17) is 4.74 Å². The van der Waals surface area contributed by atoms with Crippen LogP contribution in [-0.4, -0.2) is 40.3 Å². The smallest absolute Gasteiger partial charge is 0.126 e. The molecule has 21 heavy (non-hydrogen) atoms. The number of aromatic nitrogens is 1. The van der Waals surface area contributed by atoms with Gasteiger partial charge in [0.1, 0.15) is 23.8 Å². The normalized spacial score (nSPS) is 22.6. The number of likely N-dealkylation sites (tertiary alicyclic amines) is 1. The molecule has 0 aliphatic carbocycles. The molecule has 3 rings (SSSR count). The van der Waals surface area contributed by atoms with E-state index >= 15 is 0 Å². The van der Waals surface area contributed by atoms with Crippen LogP contribution in [0.3, 0.4) is 0 Å². The topological polar surface area (TPSA) is 45.6 Å². The zero-order chi connectivity index (χ0) is 14.7. The molecule has 0 radical (unpaired) electrons. The van der Waals surface area contributed by atoms with Crippen LogP contribution in [0.5, 0.6) is 5.75 Å². The summed E-state index contributed by atoms with van der Waals surface area (Å²) in [6.07, 6.45) is 0.645. The zero-order valence-corrected chi connectivity index (χ0v) is 12.4. The van der Waals surface area contributed by atoms with Crippen LogP contribution in [0.15, 0.2) is 35.2 Å². The minimum atomic E-state index is -0.887. The number of ether oxygens (including phenoxy) is 1. The Morgan fingerprint density at radius 1 is 1.48 bits per heavy atom. The van der Waals surface area contributed by atoms with Gasteiger partial charge in [0.25, 0.3) is 0 Å². The maximum atomic E-state index is 13.1. The second kappa shape index (κ2) is 6.09. The lowest BCUT2D eigenvalue weighted by molar-refractivity contribution is 0.00322. The van der Waals surface area contributed by atoms with E-state index in [1.54, 1.807) is 23.5 Å². The minimum absolute atomic E-state index is 0.171. The van der Waals surface area contributed by atoms with Gasteiger partial charge in [0.05, 0.1) is 11.2 Å². The van der Waals surface area contributed by atoms with E-state index in [9.17, 15) is 9.50 Å². The summed E-state index contributed by atoms with van der Waals surface area (Å²) in [7, 11) is 0. The number of rotatable bonds is 5. The van der Waals surface area contributed by atoms with Gasteiger partial charge in [-0.15, -0.1) is 11.3 Å². The highest BCUT2D eigenvalue weighted by Gasteiger charge is 2.37. The van der Waals surface area contributed by atoms with Crippen LogP contribution in [0.25, 0.3) is 0 Å². The zero-order valence-electron chi connectivity index (χ0n) is 11.5. The number of hydrogen-bond acceptors (Lipinski definition) is 5. The van der Waals surface area contributed by atoms with Gasteiger partial charge in [-0.05, 0) is 18.6 Å². The molecule has 0 bridgehead atoms. The first-order valence-electron chi connectivity index (χ1n) is 6.83. The summed E-state index contributed by atoms with van der Waals surface area (Å²) in [4.78, 5) is 6.41. The third-order valence-corrected chi connectivity index (χ3v) is 4.22. The molecule has 1 fully saturated rings. The summed E-state index contributed by atoms with van der Waals surface area (Å²) in [6.45, 7) is 2.26.